The SMILES string of the molecule is Cc1ccsc1C(=O)C1COCC1N. The number of thiophene rings is 1. The number of carbonyl (C=O) groups excluding carboxylic acids is 1. The molecule has 2 rings (SSSR count). The summed E-state index contributed by atoms with van der Waals surface area (Å²) >= 11 is 1.49. The molecule has 2 N–H and O–H groups in total. The van der Waals surface area contributed by atoms with E-state index in [0.29, 0.717) is 13.2 Å². The molecule has 2 atom stereocenters. The number of carbonyl (C=O) groups is 1. The van der Waals surface area contributed by atoms with Crippen molar-refractivity contribution in [2.45, 2.75) is 13.0 Å². The van der Waals surface area contributed by atoms with Crippen molar-refractivity contribution >= 4 is 17.1 Å². The van der Waals surface area contributed by atoms with Gasteiger partial charge in [0.25, 0.3) is 0 Å². The molecular weight excluding hydrogens is 198 g/mol. The van der Waals surface area contributed by atoms with Crippen molar-refractivity contribution in [3.8, 4) is 0 Å². The Morgan fingerprint density at radius 1 is 1.64 bits per heavy atom. The van der Waals surface area contributed by atoms with Crippen LogP contribution in [0.5, 0.6) is 0 Å². The van der Waals surface area contributed by atoms with Gasteiger partial charge in [0.2, 0.25) is 0 Å². The predicted octanol–water partition coefficient (Wildman–Crippen LogP) is 1.21. The van der Waals surface area contributed by atoms with Crippen LogP contribution in [0.15, 0.2) is 11.4 Å². The number of ketones is 1. The number of hydrogen-bond donors (Lipinski definition) is 1. The van der Waals surface area contributed by atoms with Crippen LogP contribution in [0.25, 0.3) is 0 Å². The van der Waals surface area contributed by atoms with Crippen molar-refractivity contribution in [3.05, 3.63) is 21.9 Å². The van der Waals surface area contributed by atoms with Gasteiger partial charge < -0.3 is 10.5 Å². The van der Waals surface area contributed by atoms with Crippen LogP contribution in [0, 0.1) is 12.8 Å². The summed E-state index contributed by atoms with van der Waals surface area (Å²) in [4.78, 5) is 12.8. The number of nitrogens with two attached hydrogens (primary N) is 1. The van der Waals surface area contributed by atoms with Gasteiger partial charge in [-0.3, -0.25) is 4.79 Å². The van der Waals surface area contributed by atoms with E-state index >= 15 is 0 Å². The minimum Gasteiger partial charge on any atom is -0.379 e. The van der Waals surface area contributed by atoms with Gasteiger partial charge in [0.1, 0.15) is 0 Å². The van der Waals surface area contributed by atoms with Gasteiger partial charge in [-0.15, -0.1) is 11.3 Å². The van der Waals surface area contributed by atoms with Crippen LogP contribution in [0.1, 0.15) is 15.2 Å². The lowest BCUT2D eigenvalue weighted by Gasteiger charge is -2.10. The molecule has 76 valence electrons. The van der Waals surface area contributed by atoms with Crippen molar-refractivity contribution in [2.24, 2.45) is 11.7 Å². The molecule has 1 saturated heterocycles. The van der Waals surface area contributed by atoms with Crippen molar-refractivity contribution in [2.75, 3.05) is 13.2 Å². The van der Waals surface area contributed by atoms with Gasteiger partial charge in [0.15, 0.2) is 5.78 Å². The topological polar surface area (TPSA) is 52.3 Å². The van der Waals surface area contributed by atoms with E-state index in [1.54, 1.807) is 0 Å². The van der Waals surface area contributed by atoms with Crippen molar-refractivity contribution in [1.29, 1.82) is 0 Å². The lowest BCUT2D eigenvalue weighted by Crippen LogP contribution is -2.34. The molecule has 4 heteroatoms. The van der Waals surface area contributed by atoms with Crippen LogP contribution >= 0.6 is 11.3 Å². The third kappa shape index (κ3) is 1.61. The number of aryl methyl sites for hydroxylation is 1. The largest absolute Gasteiger partial charge is 0.379 e. The van der Waals surface area contributed by atoms with E-state index < -0.39 is 0 Å². The maximum atomic E-state index is 12.0. The van der Waals surface area contributed by atoms with Crippen molar-refractivity contribution in [1.82, 2.24) is 0 Å². The summed E-state index contributed by atoms with van der Waals surface area (Å²) in [6.45, 7) is 2.92. The van der Waals surface area contributed by atoms with Crippen molar-refractivity contribution < 1.29 is 9.53 Å². The van der Waals surface area contributed by atoms with Gasteiger partial charge in [-0.05, 0) is 23.9 Å². The molecule has 1 fully saturated rings. The van der Waals surface area contributed by atoms with E-state index in [-0.39, 0.29) is 17.7 Å². The first-order chi connectivity index (χ1) is 6.70. The summed E-state index contributed by atoms with van der Waals surface area (Å²) < 4.78 is 5.19. The second-order valence-corrected chi connectivity index (χ2v) is 4.52. The smallest absolute Gasteiger partial charge is 0.180 e. The molecule has 14 heavy (non-hydrogen) atoms. The third-order valence-corrected chi connectivity index (χ3v) is 3.58. The fraction of sp³-hybridized carbons (Fsp3) is 0.500. The Hall–Kier alpha value is -0.710. The monoisotopic (exact) mass is 211 g/mol. The molecule has 0 aromatic carbocycles. The average Bonchev–Trinajstić information content (AvgIpc) is 2.73. The Bertz CT molecular complexity index is 348. The zero-order valence-electron chi connectivity index (χ0n) is 8.03. The van der Waals surface area contributed by atoms with Crippen LogP contribution in [0.4, 0.5) is 0 Å². The lowest BCUT2D eigenvalue weighted by molar-refractivity contribution is 0.0899. The highest BCUT2D eigenvalue weighted by Crippen LogP contribution is 2.23. The molecule has 0 amide bonds. The number of hydrogen-bond acceptors (Lipinski definition) is 4. The molecule has 2 heterocycles. The molecule has 0 spiro atoms. The first-order valence-electron chi connectivity index (χ1n) is 4.62. The van der Waals surface area contributed by atoms with Crippen LogP contribution in [-0.2, 0) is 4.74 Å². The molecule has 1 aliphatic rings. The maximum Gasteiger partial charge on any atom is 0.180 e. The Balaban J connectivity index is 2.20. The average molecular weight is 211 g/mol. The van der Waals surface area contributed by atoms with Gasteiger partial charge in [-0.1, -0.05) is 0 Å². The lowest BCUT2D eigenvalue weighted by atomic mass is 9.97. The summed E-state index contributed by atoms with van der Waals surface area (Å²) in [5.41, 5.74) is 6.84. The summed E-state index contributed by atoms with van der Waals surface area (Å²) in [6.07, 6.45) is 0. The molecule has 0 radical (unpaired) electrons. The second-order valence-electron chi connectivity index (χ2n) is 3.60. The predicted molar refractivity (Wildman–Crippen MR) is 55.7 cm³/mol. The van der Waals surface area contributed by atoms with Crippen LogP contribution < -0.4 is 5.73 Å². The molecule has 0 aliphatic carbocycles. The van der Waals surface area contributed by atoms with E-state index in [4.69, 9.17) is 10.5 Å². The van der Waals surface area contributed by atoms with Crippen LogP contribution in [0.2, 0.25) is 0 Å². The second kappa shape index (κ2) is 3.81. The Labute approximate surface area is 86.9 Å². The Morgan fingerprint density at radius 2 is 2.43 bits per heavy atom. The molecule has 1 aromatic rings. The molecule has 3 nitrogen and oxygen atoms in total. The minimum absolute atomic E-state index is 0.135. The standard InChI is InChI=1S/C10H13NO2S/c1-6-2-3-14-10(6)9(12)7-4-13-5-8(7)11/h2-3,7-8H,4-5,11H2,1H3. The Morgan fingerprint density at radius 3 is 2.93 bits per heavy atom. The summed E-state index contributed by atoms with van der Waals surface area (Å²) in [5, 5.41) is 1.93. The number of ether oxygens (including phenoxy) is 1. The first kappa shape index (κ1) is 9.83. The minimum atomic E-state index is -0.146. The van der Waals surface area contributed by atoms with Gasteiger partial charge in [0, 0.05) is 6.04 Å². The van der Waals surface area contributed by atoms with Crippen LogP contribution in [0.3, 0.4) is 0 Å². The normalized spacial score (nSPS) is 26.7. The molecule has 0 bridgehead atoms. The maximum absolute atomic E-state index is 12.0. The highest BCUT2D eigenvalue weighted by Gasteiger charge is 2.32. The van der Waals surface area contributed by atoms with Gasteiger partial charge in [-0.2, -0.15) is 0 Å². The highest BCUT2D eigenvalue weighted by molar-refractivity contribution is 7.12. The van der Waals surface area contributed by atoms with Gasteiger partial charge >= 0.3 is 0 Å². The fourth-order valence-corrected chi connectivity index (χ4v) is 2.56. The molecule has 1 aromatic heterocycles. The van der Waals surface area contributed by atoms with E-state index in [0.717, 1.165) is 10.4 Å². The third-order valence-electron chi connectivity index (χ3n) is 2.55. The fourth-order valence-electron chi connectivity index (χ4n) is 1.63. The number of rotatable bonds is 2. The Kier molecular flexibility index (Phi) is 2.67. The number of Topliss-reactive ketones (excluding diaryl/α,β-unsaturated/α-hetero) is 1. The van der Waals surface area contributed by atoms with E-state index in [9.17, 15) is 4.79 Å². The molecule has 0 saturated carbocycles. The first-order valence-corrected chi connectivity index (χ1v) is 5.49. The molecule has 1 aliphatic heterocycles. The highest BCUT2D eigenvalue weighted by atomic mass is 32.1. The van der Waals surface area contributed by atoms with E-state index in [1.807, 2.05) is 18.4 Å². The zero-order chi connectivity index (χ0) is 10.1. The summed E-state index contributed by atoms with van der Waals surface area (Å²) in [7, 11) is 0. The summed E-state index contributed by atoms with van der Waals surface area (Å²) in [6, 6.07) is 1.82. The zero-order valence-corrected chi connectivity index (χ0v) is 8.84. The van der Waals surface area contributed by atoms with Crippen LogP contribution in [-0.4, -0.2) is 25.0 Å². The van der Waals surface area contributed by atoms with E-state index in [2.05, 4.69) is 0 Å². The van der Waals surface area contributed by atoms with Crippen molar-refractivity contribution in [3.63, 3.8) is 0 Å². The molecular formula is C10H13NO2S. The summed E-state index contributed by atoms with van der Waals surface area (Å²) in [5.74, 6) is -0.00477. The van der Waals surface area contributed by atoms with E-state index in [1.165, 1.54) is 11.3 Å². The quantitative estimate of drug-likeness (QED) is 0.748. The molecule has 2 unspecified atom stereocenters. The van der Waals surface area contributed by atoms with Gasteiger partial charge in [0.05, 0.1) is 24.0 Å². The van der Waals surface area contributed by atoms with Gasteiger partial charge in [-0.25, -0.2) is 0 Å².